The molecule has 0 bridgehead atoms. The molecule has 0 spiro atoms. The highest BCUT2D eigenvalue weighted by Gasteiger charge is 2.48. The number of ether oxygens (including phenoxy) is 1. The molecule has 0 saturated heterocycles. The summed E-state index contributed by atoms with van der Waals surface area (Å²) in [5.41, 5.74) is 0. The molecule has 2 nitrogen and oxygen atoms in total. The van der Waals surface area contributed by atoms with Gasteiger partial charge in [-0.25, -0.2) is 0 Å². The highest BCUT2D eigenvalue weighted by atomic mass is 16.5. The molecule has 3 N–H and O–H groups in total. The monoisotopic (exact) mass is 129 g/mol. The second kappa shape index (κ2) is 2.27. The van der Waals surface area contributed by atoms with Gasteiger partial charge in [0, 0.05) is 7.11 Å². The van der Waals surface area contributed by atoms with Gasteiger partial charge in [-0.3, -0.25) is 0 Å². The fourth-order valence-corrected chi connectivity index (χ4v) is 1.94. The lowest BCUT2D eigenvalue weighted by Crippen LogP contribution is -2.07. The van der Waals surface area contributed by atoms with E-state index in [0.29, 0.717) is 6.10 Å². The van der Waals surface area contributed by atoms with Crippen molar-refractivity contribution in [2.45, 2.75) is 25.4 Å². The van der Waals surface area contributed by atoms with Crippen molar-refractivity contribution < 1.29 is 4.74 Å². The van der Waals surface area contributed by atoms with Crippen molar-refractivity contribution in [3.63, 3.8) is 0 Å². The Morgan fingerprint density at radius 2 is 2.11 bits per heavy atom. The van der Waals surface area contributed by atoms with Crippen LogP contribution in [0.2, 0.25) is 0 Å². The Morgan fingerprint density at radius 1 is 1.33 bits per heavy atom. The zero-order valence-electron chi connectivity index (χ0n) is 5.97. The van der Waals surface area contributed by atoms with Gasteiger partial charge in [-0.05, 0) is 31.1 Å². The highest BCUT2D eigenvalue weighted by Crippen LogP contribution is 2.52. The van der Waals surface area contributed by atoms with E-state index in [4.69, 9.17) is 4.74 Å². The molecule has 9 heavy (non-hydrogen) atoms. The van der Waals surface area contributed by atoms with Gasteiger partial charge in [0.05, 0.1) is 6.10 Å². The number of methoxy groups -OCH3 is 1. The second-order valence-electron chi connectivity index (χ2n) is 3.01. The van der Waals surface area contributed by atoms with Crippen molar-refractivity contribution in [2.75, 3.05) is 7.11 Å². The first-order valence-corrected chi connectivity index (χ1v) is 3.44. The standard InChI is InChI=1S/C7H12O.H3N/c1-8-7-3-2-5-4-6(5)7;/h5-7H,2-4H2,1H3;1H3. The summed E-state index contributed by atoms with van der Waals surface area (Å²) in [5, 5.41) is 0. The summed E-state index contributed by atoms with van der Waals surface area (Å²) in [6.07, 6.45) is 4.85. The maximum Gasteiger partial charge on any atom is 0.0602 e. The Hall–Kier alpha value is -0.0800. The predicted octanol–water partition coefficient (Wildman–Crippen LogP) is 1.59. The van der Waals surface area contributed by atoms with E-state index in [2.05, 4.69) is 0 Å². The molecule has 2 heteroatoms. The molecule has 0 radical (unpaired) electrons. The first-order chi connectivity index (χ1) is 3.92. The minimum atomic E-state index is 0. The largest absolute Gasteiger partial charge is 0.381 e. The van der Waals surface area contributed by atoms with Gasteiger partial charge in [0.25, 0.3) is 0 Å². The Labute approximate surface area is 56.2 Å². The summed E-state index contributed by atoms with van der Waals surface area (Å²) in [5.74, 6) is 2.04. The summed E-state index contributed by atoms with van der Waals surface area (Å²) in [6.45, 7) is 0. The highest BCUT2D eigenvalue weighted by molar-refractivity contribution is 4.98. The zero-order chi connectivity index (χ0) is 5.56. The first-order valence-electron chi connectivity index (χ1n) is 3.44. The van der Waals surface area contributed by atoms with Crippen LogP contribution in [0.15, 0.2) is 0 Å². The average molecular weight is 129 g/mol. The normalized spacial score (nSPS) is 45.7. The van der Waals surface area contributed by atoms with Gasteiger partial charge >= 0.3 is 0 Å². The number of rotatable bonds is 1. The average Bonchev–Trinajstić information content (AvgIpc) is 2.46. The van der Waals surface area contributed by atoms with Crippen LogP contribution >= 0.6 is 0 Å². The minimum Gasteiger partial charge on any atom is -0.381 e. The molecule has 2 fully saturated rings. The summed E-state index contributed by atoms with van der Waals surface area (Å²) >= 11 is 0. The van der Waals surface area contributed by atoms with Crippen LogP contribution in [-0.2, 0) is 4.74 Å². The van der Waals surface area contributed by atoms with E-state index in [0.717, 1.165) is 11.8 Å². The number of hydrogen-bond donors (Lipinski definition) is 1. The molecule has 3 unspecified atom stereocenters. The predicted molar refractivity (Wildman–Crippen MR) is 36.7 cm³/mol. The summed E-state index contributed by atoms with van der Waals surface area (Å²) < 4.78 is 5.27. The van der Waals surface area contributed by atoms with Crippen molar-refractivity contribution in [1.82, 2.24) is 6.15 Å². The van der Waals surface area contributed by atoms with Crippen molar-refractivity contribution >= 4 is 0 Å². The Bertz CT molecular complexity index is 105. The maximum atomic E-state index is 5.27. The van der Waals surface area contributed by atoms with Crippen LogP contribution in [0, 0.1) is 11.8 Å². The lowest BCUT2D eigenvalue weighted by Gasteiger charge is -2.06. The maximum absolute atomic E-state index is 5.27. The summed E-state index contributed by atoms with van der Waals surface area (Å²) in [6, 6.07) is 0. The smallest absolute Gasteiger partial charge is 0.0602 e. The molecule has 2 rings (SSSR count). The van der Waals surface area contributed by atoms with Crippen molar-refractivity contribution in [2.24, 2.45) is 11.8 Å². The Kier molecular flexibility index (Phi) is 1.78. The molecule has 0 aromatic rings. The summed E-state index contributed by atoms with van der Waals surface area (Å²) in [7, 11) is 1.84. The molecule has 0 aliphatic heterocycles. The molecule has 0 amide bonds. The summed E-state index contributed by atoms with van der Waals surface area (Å²) in [4.78, 5) is 0. The van der Waals surface area contributed by atoms with Gasteiger partial charge in [-0.15, -0.1) is 0 Å². The van der Waals surface area contributed by atoms with Gasteiger partial charge in [-0.1, -0.05) is 0 Å². The van der Waals surface area contributed by atoms with Crippen LogP contribution in [0.25, 0.3) is 0 Å². The van der Waals surface area contributed by atoms with E-state index in [1.165, 1.54) is 19.3 Å². The molecule has 2 aliphatic rings. The van der Waals surface area contributed by atoms with Gasteiger partial charge < -0.3 is 10.9 Å². The van der Waals surface area contributed by atoms with Gasteiger partial charge in [0.2, 0.25) is 0 Å². The molecule has 0 heterocycles. The number of fused-ring (bicyclic) bond motifs is 1. The van der Waals surface area contributed by atoms with Gasteiger partial charge in [0.1, 0.15) is 0 Å². The van der Waals surface area contributed by atoms with E-state index in [9.17, 15) is 0 Å². The lowest BCUT2D eigenvalue weighted by atomic mass is 10.2. The molecule has 2 aliphatic carbocycles. The van der Waals surface area contributed by atoms with E-state index in [-0.39, 0.29) is 6.15 Å². The van der Waals surface area contributed by atoms with Gasteiger partial charge in [-0.2, -0.15) is 0 Å². The molecule has 0 aromatic heterocycles. The van der Waals surface area contributed by atoms with Crippen LogP contribution < -0.4 is 6.15 Å². The molecule has 2 saturated carbocycles. The fourth-order valence-electron chi connectivity index (χ4n) is 1.94. The fraction of sp³-hybridized carbons (Fsp3) is 1.00. The van der Waals surface area contributed by atoms with Crippen LogP contribution in [0.1, 0.15) is 19.3 Å². The van der Waals surface area contributed by atoms with E-state index < -0.39 is 0 Å². The third-order valence-corrected chi connectivity index (χ3v) is 2.58. The van der Waals surface area contributed by atoms with Crippen LogP contribution in [0.3, 0.4) is 0 Å². The molecule has 3 atom stereocenters. The first kappa shape index (κ1) is 7.03. The van der Waals surface area contributed by atoms with Crippen LogP contribution in [0.5, 0.6) is 0 Å². The zero-order valence-corrected chi connectivity index (χ0v) is 5.97. The third-order valence-electron chi connectivity index (χ3n) is 2.58. The topological polar surface area (TPSA) is 44.2 Å². The van der Waals surface area contributed by atoms with Crippen LogP contribution in [0.4, 0.5) is 0 Å². The van der Waals surface area contributed by atoms with E-state index in [1.807, 2.05) is 7.11 Å². The Morgan fingerprint density at radius 3 is 2.33 bits per heavy atom. The number of hydrogen-bond acceptors (Lipinski definition) is 2. The molecule has 54 valence electrons. The Balaban J connectivity index is 0.000000405. The van der Waals surface area contributed by atoms with Crippen molar-refractivity contribution in [3.8, 4) is 0 Å². The minimum absolute atomic E-state index is 0. The lowest BCUT2D eigenvalue weighted by molar-refractivity contribution is 0.0908. The molecule has 0 aromatic carbocycles. The van der Waals surface area contributed by atoms with Crippen molar-refractivity contribution in [3.05, 3.63) is 0 Å². The SMILES string of the molecule is COC1CCC2CC21.N. The van der Waals surface area contributed by atoms with Crippen molar-refractivity contribution in [1.29, 1.82) is 0 Å². The quantitative estimate of drug-likeness (QED) is 0.584. The van der Waals surface area contributed by atoms with Crippen LogP contribution in [-0.4, -0.2) is 13.2 Å². The molecular formula is C7H15NO. The van der Waals surface area contributed by atoms with E-state index >= 15 is 0 Å². The van der Waals surface area contributed by atoms with E-state index in [1.54, 1.807) is 0 Å². The molecular weight excluding hydrogens is 114 g/mol. The second-order valence-corrected chi connectivity index (χ2v) is 3.01. The third kappa shape index (κ3) is 0.970. The van der Waals surface area contributed by atoms with Gasteiger partial charge in [0.15, 0.2) is 0 Å².